The number of rotatable bonds is 2. The lowest BCUT2D eigenvalue weighted by Crippen LogP contribution is -2.55. The largest absolute Gasteiger partial charge is 0.383 e. The Labute approximate surface area is 79.3 Å². The molecule has 0 amide bonds. The van der Waals surface area contributed by atoms with Crippen molar-refractivity contribution in [1.29, 1.82) is 0 Å². The van der Waals surface area contributed by atoms with Crippen LogP contribution in [0.1, 0.15) is 26.7 Å². The topological polar surface area (TPSA) is 20.2 Å². The molecule has 0 aromatic heterocycles. The van der Waals surface area contributed by atoms with E-state index < -0.39 is 10.4 Å². The molecule has 1 N–H and O–H groups in total. The molecule has 0 bridgehead atoms. The van der Waals surface area contributed by atoms with Crippen LogP contribution in [0.15, 0.2) is 0 Å². The fourth-order valence-corrected chi connectivity index (χ4v) is 1.83. The first-order chi connectivity index (χ1) is 5.26. The molecule has 1 aliphatic carbocycles. The third-order valence-electron chi connectivity index (χ3n) is 2.67. The van der Waals surface area contributed by atoms with Gasteiger partial charge in [-0.25, -0.2) is 0 Å². The second kappa shape index (κ2) is 2.91. The Morgan fingerprint density at radius 1 is 1.50 bits per heavy atom. The van der Waals surface area contributed by atoms with Gasteiger partial charge in [0.2, 0.25) is 0 Å². The normalized spacial score (nSPS) is 36.8. The standard InChI is InChI=1S/C8H13BrF2O/c1-5(2)6-3-7(12,4-6)8(9,10)11/h5-6,12H,3-4H2,1-2H3. The van der Waals surface area contributed by atoms with Crippen molar-refractivity contribution in [3.05, 3.63) is 0 Å². The van der Waals surface area contributed by atoms with E-state index in [2.05, 4.69) is 15.9 Å². The molecular weight excluding hydrogens is 230 g/mol. The molecule has 12 heavy (non-hydrogen) atoms. The Morgan fingerprint density at radius 3 is 2.17 bits per heavy atom. The number of alkyl halides is 3. The maximum Gasteiger partial charge on any atom is 0.329 e. The van der Waals surface area contributed by atoms with E-state index in [1.165, 1.54) is 0 Å². The lowest BCUT2D eigenvalue weighted by atomic mass is 9.66. The van der Waals surface area contributed by atoms with E-state index in [0.717, 1.165) is 0 Å². The quantitative estimate of drug-likeness (QED) is 0.739. The third kappa shape index (κ3) is 1.64. The molecule has 1 nitrogen and oxygen atoms in total. The minimum Gasteiger partial charge on any atom is -0.383 e. The van der Waals surface area contributed by atoms with Crippen molar-refractivity contribution in [1.82, 2.24) is 0 Å². The van der Waals surface area contributed by atoms with E-state index in [9.17, 15) is 13.9 Å². The summed E-state index contributed by atoms with van der Waals surface area (Å²) >= 11 is 2.20. The minimum absolute atomic E-state index is 0.197. The first-order valence-electron chi connectivity index (χ1n) is 4.05. The predicted molar refractivity (Wildman–Crippen MR) is 46.4 cm³/mol. The van der Waals surface area contributed by atoms with Crippen LogP contribution in [0.25, 0.3) is 0 Å². The SMILES string of the molecule is CC(C)C1CC(O)(C(F)(F)Br)C1. The zero-order valence-electron chi connectivity index (χ0n) is 7.15. The molecular formula is C8H13BrF2O. The first kappa shape index (κ1) is 10.4. The van der Waals surface area contributed by atoms with Gasteiger partial charge in [-0.3, -0.25) is 0 Å². The molecule has 1 fully saturated rings. The van der Waals surface area contributed by atoms with Crippen molar-refractivity contribution in [3.8, 4) is 0 Å². The van der Waals surface area contributed by atoms with Crippen LogP contribution in [0, 0.1) is 11.8 Å². The van der Waals surface area contributed by atoms with Crippen LogP contribution in [0.2, 0.25) is 0 Å². The molecule has 0 saturated heterocycles. The minimum atomic E-state index is -3.13. The number of halogens is 3. The van der Waals surface area contributed by atoms with Crippen molar-refractivity contribution in [3.63, 3.8) is 0 Å². The molecule has 72 valence electrons. The highest BCUT2D eigenvalue weighted by Crippen LogP contribution is 2.52. The van der Waals surface area contributed by atoms with Crippen LogP contribution >= 0.6 is 15.9 Å². The first-order valence-corrected chi connectivity index (χ1v) is 4.85. The highest BCUT2D eigenvalue weighted by molar-refractivity contribution is 9.10. The summed E-state index contributed by atoms with van der Waals surface area (Å²) in [5.74, 6) is 0.610. The molecule has 0 atom stereocenters. The molecule has 0 aliphatic heterocycles. The van der Waals surface area contributed by atoms with Crippen LogP contribution in [-0.2, 0) is 0 Å². The Bertz CT molecular complexity index is 170. The van der Waals surface area contributed by atoms with Gasteiger partial charge in [-0.1, -0.05) is 13.8 Å². The summed E-state index contributed by atoms with van der Waals surface area (Å²) in [6, 6.07) is 0. The Kier molecular flexibility index (Phi) is 2.52. The molecule has 0 spiro atoms. The van der Waals surface area contributed by atoms with Crippen LogP contribution in [0.4, 0.5) is 8.78 Å². The summed E-state index contributed by atoms with van der Waals surface area (Å²) in [6.45, 7) is 3.97. The third-order valence-corrected chi connectivity index (χ3v) is 3.41. The summed E-state index contributed by atoms with van der Waals surface area (Å²) in [5, 5.41) is 9.37. The van der Waals surface area contributed by atoms with E-state index in [0.29, 0.717) is 5.92 Å². The van der Waals surface area contributed by atoms with Gasteiger partial charge in [0.15, 0.2) is 0 Å². The summed E-state index contributed by atoms with van der Waals surface area (Å²) in [5.41, 5.74) is -1.80. The van der Waals surface area contributed by atoms with Crippen molar-refractivity contribution < 1.29 is 13.9 Å². The highest BCUT2D eigenvalue weighted by Gasteiger charge is 2.58. The fourth-order valence-electron chi connectivity index (χ4n) is 1.51. The average Bonchev–Trinajstić information content (AvgIpc) is 1.77. The molecule has 4 heteroatoms. The van der Waals surface area contributed by atoms with Crippen molar-refractivity contribution in [2.75, 3.05) is 0 Å². The van der Waals surface area contributed by atoms with Gasteiger partial charge < -0.3 is 5.11 Å². The van der Waals surface area contributed by atoms with Gasteiger partial charge in [-0.15, -0.1) is 0 Å². The zero-order valence-corrected chi connectivity index (χ0v) is 8.74. The molecule has 0 aromatic rings. The summed E-state index contributed by atoms with van der Waals surface area (Å²) in [6.07, 6.45) is 0.395. The van der Waals surface area contributed by atoms with Crippen LogP contribution in [0.3, 0.4) is 0 Å². The zero-order chi connectivity index (χ0) is 9.57. The molecule has 0 heterocycles. The van der Waals surface area contributed by atoms with Gasteiger partial charge in [0.05, 0.1) is 0 Å². The van der Waals surface area contributed by atoms with Crippen LogP contribution < -0.4 is 0 Å². The molecule has 0 aromatic carbocycles. The number of hydrogen-bond donors (Lipinski definition) is 1. The van der Waals surface area contributed by atoms with Gasteiger partial charge in [0, 0.05) is 0 Å². The van der Waals surface area contributed by atoms with Gasteiger partial charge in [-0.05, 0) is 40.6 Å². The summed E-state index contributed by atoms with van der Waals surface area (Å²) in [7, 11) is 0. The van der Waals surface area contributed by atoms with E-state index in [1.807, 2.05) is 13.8 Å². The number of aliphatic hydroxyl groups is 1. The maximum absolute atomic E-state index is 12.7. The summed E-state index contributed by atoms with van der Waals surface area (Å²) < 4.78 is 25.3. The Balaban J connectivity index is 2.51. The summed E-state index contributed by atoms with van der Waals surface area (Å²) in [4.78, 5) is -3.13. The fraction of sp³-hybridized carbons (Fsp3) is 1.00. The Morgan fingerprint density at radius 2 is 1.92 bits per heavy atom. The van der Waals surface area contributed by atoms with Crippen molar-refractivity contribution in [2.45, 2.75) is 37.1 Å². The highest BCUT2D eigenvalue weighted by atomic mass is 79.9. The molecule has 0 radical (unpaired) electrons. The van der Waals surface area contributed by atoms with Crippen molar-refractivity contribution >= 4 is 15.9 Å². The van der Waals surface area contributed by atoms with Crippen LogP contribution in [-0.4, -0.2) is 15.5 Å². The maximum atomic E-state index is 12.7. The molecule has 1 aliphatic rings. The van der Waals surface area contributed by atoms with E-state index in [4.69, 9.17) is 0 Å². The van der Waals surface area contributed by atoms with Gasteiger partial charge in [-0.2, -0.15) is 8.78 Å². The monoisotopic (exact) mass is 242 g/mol. The van der Waals surface area contributed by atoms with Gasteiger partial charge in [0.25, 0.3) is 0 Å². The second-order valence-electron chi connectivity index (χ2n) is 3.94. The van der Waals surface area contributed by atoms with Gasteiger partial charge in [0.1, 0.15) is 5.60 Å². The van der Waals surface area contributed by atoms with Gasteiger partial charge >= 0.3 is 4.83 Å². The molecule has 1 rings (SSSR count). The molecule has 0 unspecified atom stereocenters. The Hall–Kier alpha value is 0.300. The molecule has 1 saturated carbocycles. The number of hydrogen-bond acceptors (Lipinski definition) is 1. The lowest BCUT2D eigenvalue weighted by molar-refractivity contribution is -0.190. The van der Waals surface area contributed by atoms with E-state index in [-0.39, 0.29) is 18.8 Å². The second-order valence-corrected chi connectivity index (χ2v) is 4.94. The van der Waals surface area contributed by atoms with E-state index in [1.54, 1.807) is 0 Å². The van der Waals surface area contributed by atoms with Crippen molar-refractivity contribution in [2.24, 2.45) is 11.8 Å². The predicted octanol–water partition coefficient (Wildman–Crippen LogP) is 2.77. The smallest absolute Gasteiger partial charge is 0.329 e. The van der Waals surface area contributed by atoms with E-state index >= 15 is 0 Å². The average molecular weight is 243 g/mol. The lowest BCUT2D eigenvalue weighted by Gasteiger charge is -2.47. The van der Waals surface area contributed by atoms with Crippen LogP contribution in [0.5, 0.6) is 0 Å².